The van der Waals surface area contributed by atoms with Crippen molar-refractivity contribution in [3.05, 3.63) is 0 Å². The smallest absolute Gasteiger partial charge is 0.270 e. The van der Waals surface area contributed by atoms with Crippen molar-refractivity contribution in [1.29, 1.82) is 0 Å². The van der Waals surface area contributed by atoms with E-state index in [1.54, 1.807) is 0 Å². The van der Waals surface area contributed by atoms with E-state index in [0.29, 0.717) is 6.54 Å². The van der Waals surface area contributed by atoms with E-state index in [9.17, 15) is 9.18 Å². The van der Waals surface area contributed by atoms with Gasteiger partial charge in [0, 0.05) is 12.1 Å². The number of amides is 1. The highest BCUT2D eigenvalue weighted by molar-refractivity contribution is 6.29. The lowest BCUT2D eigenvalue weighted by Gasteiger charge is -2.31. The highest BCUT2D eigenvalue weighted by Crippen LogP contribution is 2.07. The van der Waals surface area contributed by atoms with E-state index in [1.807, 2.05) is 20.9 Å². The molecule has 0 radical (unpaired) electrons. The number of hydrogen-bond donors (Lipinski definition) is 1. The first-order valence-corrected chi connectivity index (χ1v) is 5.51. The summed E-state index contributed by atoms with van der Waals surface area (Å²) in [7, 11) is 1.96. The number of rotatable bonds is 6. The molecule has 0 saturated carbocycles. The molecule has 0 aliphatic rings. The van der Waals surface area contributed by atoms with Crippen LogP contribution >= 0.6 is 11.6 Å². The zero-order valence-electron chi connectivity index (χ0n) is 9.81. The van der Waals surface area contributed by atoms with Crippen LogP contribution in [0.5, 0.6) is 0 Å². The van der Waals surface area contributed by atoms with E-state index in [0.717, 1.165) is 13.0 Å². The Balaban J connectivity index is 4.11. The van der Waals surface area contributed by atoms with Crippen LogP contribution < -0.4 is 5.32 Å². The van der Waals surface area contributed by atoms with Crippen LogP contribution in [0.1, 0.15) is 27.2 Å². The van der Waals surface area contributed by atoms with Crippen molar-refractivity contribution in [2.75, 3.05) is 20.1 Å². The van der Waals surface area contributed by atoms with Gasteiger partial charge >= 0.3 is 0 Å². The summed E-state index contributed by atoms with van der Waals surface area (Å²) in [5.41, 5.74) is -2.44. The monoisotopic (exact) mass is 238 g/mol. The van der Waals surface area contributed by atoms with Gasteiger partial charge in [-0.25, -0.2) is 4.39 Å². The molecule has 15 heavy (non-hydrogen) atoms. The first kappa shape index (κ1) is 14.6. The molecule has 0 aromatic heterocycles. The number of nitrogens with one attached hydrogen (secondary N) is 1. The summed E-state index contributed by atoms with van der Waals surface area (Å²) in [4.78, 5) is 13.1. The summed E-state index contributed by atoms with van der Waals surface area (Å²) >= 11 is 5.04. The molecule has 1 N–H and O–H groups in total. The lowest BCUT2D eigenvalue weighted by atomic mass is 10.1. The second-order valence-electron chi connectivity index (χ2n) is 4.41. The molecule has 1 atom stereocenters. The van der Waals surface area contributed by atoms with Gasteiger partial charge in [-0.1, -0.05) is 18.5 Å². The van der Waals surface area contributed by atoms with Crippen LogP contribution in [0.25, 0.3) is 0 Å². The van der Waals surface area contributed by atoms with Crippen molar-refractivity contribution in [3.8, 4) is 0 Å². The van der Waals surface area contributed by atoms with Crippen LogP contribution in [-0.4, -0.2) is 42.1 Å². The molecule has 0 aliphatic carbocycles. The van der Waals surface area contributed by atoms with Gasteiger partial charge in [-0.2, -0.15) is 0 Å². The van der Waals surface area contributed by atoms with E-state index in [2.05, 4.69) is 17.1 Å². The van der Waals surface area contributed by atoms with E-state index in [1.165, 1.54) is 0 Å². The molecular weight excluding hydrogens is 219 g/mol. The maximum atomic E-state index is 12.5. The van der Waals surface area contributed by atoms with Crippen LogP contribution in [0.2, 0.25) is 0 Å². The average Bonchev–Trinajstić information content (AvgIpc) is 2.01. The lowest BCUT2D eigenvalue weighted by Crippen LogP contribution is -2.52. The maximum absolute atomic E-state index is 12.5. The largest absolute Gasteiger partial charge is 0.346 e. The van der Waals surface area contributed by atoms with Gasteiger partial charge in [-0.05, 0) is 33.9 Å². The van der Waals surface area contributed by atoms with Crippen LogP contribution in [0, 0.1) is 0 Å². The van der Waals surface area contributed by atoms with Gasteiger partial charge in [0.1, 0.15) is 0 Å². The number of likely N-dealkylation sites (N-methyl/N-ethyl adjacent to an activating group) is 1. The maximum Gasteiger partial charge on any atom is 0.270 e. The Morgan fingerprint density at radius 1 is 1.60 bits per heavy atom. The van der Waals surface area contributed by atoms with Crippen molar-refractivity contribution in [3.63, 3.8) is 0 Å². The third kappa shape index (κ3) is 6.68. The Kier molecular flexibility index (Phi) is 6.13. The van der Waals surface area contributed by atoms with Crippen molar-refractivity contribution >= 4 is 17.5 Å². The zero-order chi connectivity index (χ0) is 12.1. The van der Waals surface area contributed by atoms with Gasteiger partial charge in [-0.15, -0.1) is 0 Å². The SMILES string of the molecule is CCCN(C)CC(C)(C)NC(=O)C(F)Cl. The summed E-state index contributed by atoms with van der Waals surface area (Å²) < 4.78 is 12.5. The van der Waals surface area contributed by atoms with Crippen LogP contribution in [0.3, 0.4) is 0 Å². The summed E-state index contributed by atoms with van der Waals surface area (Å²) in [6.07, 6.45) is 1.04. The first-order valence-electron chi connectivity index (χ1n) is 5.07. The minimum Gasteiger partial charge on any atom is -0.346 e. The molecule has 0 fully saturated rings. The number of alkyl halides is 2. The number of nitrogens with zero attached hydrogens (tertiary/aromatic N) is 1. The van der Waals surface area contributed by atoms with Crippen molar-refractivity contribution < 1.29 is 9.18 Å². The Labute approximate surface area is 96.0 Å². The molecule has 0 rings (SSSR count). The molecule has 90 valence electrons. The molecule has 0 spiro atoms. The van der Waals surface area contributed by atoms with Crippen molar-refractivity contribution in [2.24, 2.45) is 0 Å². The molecule has 0 bridgehead atoms. The van der Waals surface area contributed by atoms with Crippen LogP contribution in [0.15, 0.2) is 0 Å². The molecule has 5 heteroatoms. The fourth-order valence-corrected chi connectivity index (χ4v) is 1.62. The summed E-state index contributed by atoms with van der Waals surface area (Å²) in [6, 6.07) is 0. The van der Waals surface area contributed by atoms with Gasteiger partial charge in [0.05, 0.1) is 0 Å². The van der Waals surface area contributed by atoms with Crippen molar-refractivity contribution in [2.45, 2.75) is 38.4 Å². The zero-order valence-corrected chi connectivity index (χ0v) is 10.6. The molecule has 1 amide bonds. The number of hydrogen-bond acceptors (Lipinski definition) is 2. The Morgan fingerprint density at radius 3 is 2.53 bits per heavy atom. The van der Waals surface area contributed by atoms with E-state index < -0.39 is 17.1 Å². The average molecular weight is 239 g/mol. The highest BCUT2D eigenvalue weighted by Gasteiger charge is 2.25. The van der Waals surface area contributed by atoms with Gasteiger partial charge in [0.25, 0.3) is 11.5 Å². The van der Waals surface area contributed by atoms with Gasteiger partial charge in [0.2, 0.25) is 0 Å². The molecule has 0 heterocycles. The summed E-state index contributed by atoms with van der Waals surface area (Å²) in [6.45, 7) is 7.38. The predicted molar refractivity (Wildman–Crippen MR) is 60.8 cm³/mol. The van der Waals surface area contributed by atoms with E-state index >= 15 is 0 Å². The minimum atomic E-state index is -1.97. The second kappa shape index (κ2) is 6.28. The number of halogens is 2. The second-order valence-corrected chi connectivity index (χ2v) is 4.79. The molecule has 1 unspecified atom stereocenters. The predicted octanol–water partition coefficient (Wildman–Crippen LogP) is 1.76. The lowest BCUT2D eigenvalue weighted by molar-refractivity contribution is -0.125. The topological polar surface area (TPSA) is 32.3 Å². The van der Waals surface area contributed by atoms with E-state index in [-0.39, 0.29) is 0 Å². The fraction of sp³-hybridized carbons (Fsp3) is 0.900. The van der Waals surface area contributed by atoms with Gasteiger partial charge in [-0.3, -0.25) is 4.79 Å². The standard InChI is InChI=1S/C10H20ClFN2O/c1-5-6-14(4)7-10(2,3)13-9(15)8(11)12/h8H,5-7H2,1-4H3,(H,13,15). The summed E-state index contributed by atoms with van der Waals surface area (Å²) in [5, 5.41) is 2.56. The molecule has 0 saturated heterocycles. The molecule has 0 aliphatic heterocycles. The van der Waals surface area contributed by atoms with Crippen LogP contribution in [0.4, 0.5) is 4.39 Å². The Morgan fingerprint density at radius 2 is 2.13 bits per heavy atom. The van der Waals surface area contributed by atoms with Crippen LogP contribution in [-0.2, 0) is 4.79 Å². The normalized spacial score (nSPS) is 14.1. The summed E-state index contributed by atoms with van der Waals surface area (Å²) in [5.74, 6) is -0.772. The van der Waals surface area contributed by atoms with Crippen molar-refractivity contribution in [1.82, 2.24) is 10.2 Å². The molecule has 0 aromatic carbocycles. The molecule has 3 nitrogen and oxygen atoms in total. The quantitative estimate of drug-likeness (QED) is 0.716. The van der Waals surface area contributed by atoms with Gasteiger partial charge in [0.15, 0.2) is 0 Å². The third-order valence-electron chi connectivity index (χ3n) is 1.93. The highest BCUT2D eigenvalue weighted by atomic mass is 35.5. The fourth-order valence-electron chi connectivity index (χ4n) is 1.56. The molecule has 0 aromatic rings. The Bertz CT molecular complexity index is 210. The third-order valence-corrected chi connectivity index (χ3v) is 2.13. The first-order chi connectivity index (χ1) is 6.78. The minimum absolute atomic E-state index is 0.472. The van der Waals surface area contributed by atoms with Gasteiger partial charge < -0.3 is 10.2 Å². The number of carbonyl (C=O) groups is 1. The van der Waals surface area contributed by atoms with E-state index in [4.69, 9.17) is 11.6 Å². The Hall–Kier alpha value is -0.350. The molecular formula is C10H20ClFN2O. The number of carbonyl (C=O) groups excluding carboxylic acids is 1.